The number of carbonyl (C=O) groups is 1. The van der Waals surface area contributed by atoms with Gasteiger partial charge in [0.15, 0.2) is 5.13 Å². The monoisotopic (exact) mass is 286 g/mol. The number of carbonyl (C=O) groups excluding carboxylic acids is 1. The summed E-state index contributed by atoms with van der Waals surface area (Å²) in [4.78, 5) is 16.6. The minimum absolute atomic E-state index is 0.216. The zero-order chi connectivity index (χ0) is 14.5. The molecule has 0 saturated carbocycles. The van der Waals surface area contributed by atoms with Crippen LogP contribution in [0.25, 0.3) is 0 Å². The second kappa shape index (κ2) is 6.72. The fourth-order valence-electron chi connectivity index (χ4n) is 1.54. The number of rotatable bonds is 7. The third kappa shape index (κ3) is 4.68. The van der Waals surface area contributed by atoms with E-state index >= 15 is 0 Å². The molecule has 7 heteroatoms. The topological polar surface area (TPSA) is 89.3 Å². The highest BCUT2D eigenvalue weighted by atomic mass is 32.1. The van der Waals surface area contributed by atoms with E-state index in [1.54, 1.807) is 0 Å². The van der Waals surface area contributed by atoms with Crippen LogP contribution < -0.4 is 16.4 Å². The summed E-state index contributed by atoms with van der Waals surface area (Å²) in [6.45, 7) is 9.51. The fraction of sp³-hybridized carbons (Fsp3) is 0.667. The molecule has 0 aromatic carbocycles. The zero-order valence-electron chi connectivity index (χ0n) is 11.9. The molecular weight excluding hydrogens is 264 g/mol. The maximum atomic E-state index is 12.0. The number of nitrogens with two attached hydrogens (primary N) is 1. The lowest BCUT2D eigenvalue weighted by Gasteiger charge is -2.24. The molecule has 4 N–H and O–H groups in total. The van der Waals surface area contributed by atoms with E-state index in [2.05, 4.69) is 15.6 Å². The largest absolute Gasteiger partial charge is 0.382 e. The van der Waals surface area contributed by atoms with Crippen molar-refractivity contribution in [1.29, 1.82) is 0 Å². The number of nitrogens with zero attached hydrogens (tertiary/aromatic N) is 1. The van der Waals surface area contributed by atoms with Crippen molar-refractivity contribution in [2.75, 3.05) is 30.7 Å². The Hall–Kier alpha value is -1.34. The Morgan fingerprint density at radius 3 is 2.74 bits per heavy atom. The lowest BCUT2D eigenvalue weighted by atomic mass is 10.1. The van der Waals surface area contributed by atoms with Crippen LogP contribution in [-0.4, -0.2) is 36.2 Å². The van der Waals surface area contributed by atoms with E-state index in [0.717, 1.165) is 6.54 Å². The Morgan fingerprint density at radius 1 is 1.47 bits per heavy atom. The normalized spacial score (nSPS) is 11.4. The number of amides is 1. The third-order valence-corrected chi connectivity index (χ3v) is 3.42. The van der Waals surface area contributed by atoms with Gasteiger partial charge in [0, 0.05) is 19.7 Å². The smallest absolute Gasteiger partial charge is 0.265 e. The Kier molecular flexibility index (Phi) is 5.56. The summed E-state index contributed by atoms with van der Waals surface area (Å²) >= 11 is 1.26. The van der Waals surface area contributed by atoms with E-state index in [4.69, 9.17) is 10.5 Å². The number of nitrogens with one attached hydrogen (secondary N) is 2. The first-order valence-electron chi connectivity index (χ1n) is 6.32. The van der Waals surface area contributed by atoms with E-state index in [-0.39, 0.29) is 11.7 Å². The van der Waals surface area contributed by atoms with Crippen LogP contribution in [0.5, 0.6) is 0 Å². The standard InChI is InChI=1S/C12H22N4O2S/c1-5-14-11-16-9(13)8(19-11)10(17)15-7-12(3,4)18-6-2/h5-7,13H2,1-4H3,(H,14,16)(H,15,17). The van der Waals surface area contributed by atoms with Crippen LogP contribution in [0.3, 0.4) is 0 Å². The van der Waals surface area contributed by atoms with Crippen LogP contribution in [0.2, 0.25) is 0 Å². The molecule has 0 saturated heterocycles. The van der Waals surface area contributed by atoms with Gasteiger partial charge in [0.2, 0.25) is 0 Å². The number of hydrogen-bond acceptors (Lipinski definition) is 6. The van der Waals surface area contributed by atoms with Crippen LogP contribution >= 0.6 is 11.3 Å². The lowest BCUT2D eigenvalue weighted by Crippen LogP contribution is -2.40. The fourth-order valence-corrected chi connectivity index (χ4v) is 2.41. The summed E-state index contributed by atoms with van der Waals surface area (Å²) < 4.78 is 5.52. The molecule has 0 fully saturated rings. The Bertz CT molecular complexity index is 431. The van der Waals surface area contributed by atoms with Gasteiger partial charge in [0.1, 0.15) is 10.7 Å². The van der Waals surface area contributed by atoms with E-state index in [9.17, 15) is 4.79 Å². The Balaban J connectivity index is 2.63. The van der Waals surface area contributed by atoms with E-state index in [1.807, 2.05) is 27.7 Å². The molecule has 0 spiro atoms. The molecule has 6 nitrogen and oxygen atoms in total. The minimum atomic E-state index is -0.394. The van der Waals surface area contributed by atoms with Gasteiger partial charge < -0.3 is 21.1 Å². The zero-order valence-corrected chi connectivity index (χ0v) is 12.7. The Morgan fingerprint density at radius 2 is 2.16 bits per heavy atom. The number of anilines is 2. The average molecular weight is 286 g/mol. The molecule has 0 aliphatic rings. The van der Waals surface area contributed by atoms with Gasteiger partial charge in [-0.1, -0.05) is 11.3 Å². The van der Waals surface area contributed by atoms with E-state index in [0.29, 0.717) is 23.2 Å². The van der Waals surface area contributed by atoms with Gasteiger partial charge >= 0.3 is 0 Å². The average Bonchev–Trinajstić information content (AvgIpc) is 2.68. The highest BCUT2D eigenvalue weighted by Gasteiger charge is 2.21. The molecule has 1 rings (SSSR count). The van der Waals surface area contributed by atoms with Crippen molar-refractivity contribution in [2.45, 2.75) is 33.3 Å². The first kappa shape index (κ1) is 15.7. The van der Waals surface area contributed by atoms with Crippen molar-refractivity contribution in [3.05, 3.63) is 4.88 Å². The van der Waals surface area contributed by atoms with Gasteiger partial charge in [0.25, 0.3) is 5.91 Å². The number of thiazole rings is 1. The second-order valence-electron chi connectivity index (χ2n) is 4.64. The van der Waals surface area contributed by atoms with Gasteiger partial charge in [-0.25, -0.2) is 4.98 Å². The van der Waals surface area contributed by atoms with Gasteiger partial charge in [0.05, 0.1) is 5.60 Å². The first-order chi connectivity index (χ1) is 8.89. The predicted molar refractivity (Wildman–Crippen MR) is 78.7 cm³/mol. The number of hydrogen-bond donors (Lipinski definition) is 3. The van der Waals surface area contributed by atoms with Gasteiger partial charge in [-0.2, -0.15) is 0 Å². The quantitative estimate of drug-likeness (QED) is 0.710. The molecule has 19 heavy (non-hydrogen) atoms. The van der Waals surface area contributed by atoms with Gasteiger partial charge in [-0.3, -0.25) is 4.79 Å². The molecule has 1 aromatic rings. The number of ether oxygens (including phenoxy) is 1. The van der Waals surface area contributed by atoms with Crippen LogP contribution in [0.4, 0.5) is 10.9 Å². The van der Waals surface area contributed by atoms with Crippen molar-refractivity contribution in [1.82, 2.24) is 10.3 Å². The van der Waals surface area contributed by atoms with Crippen LogP contribution in [-0.2, 0) is 4.74 Å². The van der Waals surface area contributed by atoms with Crippen LogP contribution in [0.1, 0.15) is 37.4 Å². The van der Waals surface area contributed by atoms with E-state index < -0.39 is 5.60 Å². The Labute approximate surface area is 117 Å². The maximum absolute atomic E-state index is 12.0. The molecule has 108 valence electrons. The number of nitrogen functional groups attached to an aromatic ring is 1. The highest BCUT2D eigenvalue weighted by molar-refractivity contribution is 7.18. The van der Waals surface area contributed by atoms with Crippen molar-refractivity contribution in [3.8, 4) is 0 Å². The summed E-state index contributed by atoms with van der Waals surface area (Å²) in [6, 6.07) is 0. The predicted octanol–water partition coefficient (Wildman–Crippen LogP) is 1.70. The first-order valence-corrected chi connectivity index (χ1v) is 7.13. The maximum Gasteiger partial charge on any atom is 0.265 e. The van der Waals surface area contributed by atoms with Gasteiger partial charge in [-0.15, -0.1) is 0 Å². The van der Waals surface area contributed by atoms with Crippen molar-refractivity contribution >= 4 is 28.2 Å². The molecule has 0 unspecified atom stereocenters. The number of aromatic nitrogens is 1. The summed E-state index contributed by atoms with van der Waals surface area (Å²) in [7, 11) is 0. The molecule has 0 bridgehead atoms. The lowest BCUT2D eigenvalue weighted by molar-refractivity contribution is -0.00812. The summed E-state index contributed by atoms with van der Waals surface area (Å²) in [5.41, 5.74) is 5.34. The molecule has 1 aromatic heterocycles. The molecular formula is C12H22N4O2S. The van der Waals surface area contributed by atoms with Gasteiger partial charge in [-0.05, 0) is 27.7 Å². The minimum Gasteiger partial charge on any atom is -0.382 e. The summed E-state index contributed by atoms with van der Waals surface area (Å²) in [5.74, 6) is 0.0413. The van der Waals surface area contributed by atoms with E-state index in [1.165, 1.54) is 11.3 Å². The summed E-state index contributed by atoms with van der Waals surface area (Å²) in [5, 5.41) is 6.52. The molecule has 1 amide bonds. The molecule has 1 heterocycles. The molecule has 0 radical (unpaired) electrons. The van der Waals surface area contributed by atoms with Crippen LogP contribution in [0.15, 0.2) is 0 Å². The van der Waals surface area contributed by atoms with Crippen molar-refractivity contribution in [2.24, 2.45) is 0 Å². The third-order valence-electron chi connectivity index (χ3n) is 2.40. The van der Waals surface area contributed by atoms with Crippen molar-refractivity contribution < 1.29 is 9.53 Å². The molecule has 0 aliphatic heterocycles. The summed E-state index contributed by atoms with van der Waals surface area (Å²) in [6.07, 6.45) is 0. The molecule has 0 aliphatic carbocycles. The van der Waals surface area contributed by atoms with Crippen LogP contribution in [0, 0.1) is 0 Å². The second-order valence-corrected chi connectivity index (χ2v) is 5.64. The SMILES string of the molecule is CCNc1nc(N)c(C(=O)NCC(C)(C)OCC)s1. The van der Waals surface area contributed by atoms with Crippen molar-refractivity contribution in [3.63, 3.8) is 0 Å². The molecule has 0 atom stereocenters. The highest BCUT2D eigenvalue weighted by Crippen LogP contribution is 2.24.